The van der Waals surface area contributed by atoms with Crippen LogP contribution < -0.4 is 14.8 Å². The van der Waals surface area contributed by atoms with Crippen molar-refractivity contribution < 1.29 is 14.3 Å². The molecule has 1 amide bonds. The van der Waals surface area contributed by atoms with E-state index in [2.05, 4.69) is 25.2 Å². The SMILES string of the molecule is CC(C)c1ccccc1OCCNC(=O)COc1ccc(Cl)cc1. The molecule has 1 N–H and O–H groups in total. The number of nitrogens with one attached hydrogen (secondary N) is 1. The molecule has 128 valence electrons. The van der Waals surface area contributed by atoms with Crippen molar-refractivity contribution in [2.75, 3.05) is 19.8 Å². The summed E-state index contributed by atoms with van der Waals surface area (Å²) in [6, 6.07) is 14.8. The second-order valence-electron chi connectivity index (χ2n) is 5.63. The maximum absolute atomic E-state index is 11.8. The van der Waals surface area contributed by atoms with E-state index in [0.717, 1.165) is 11.3 Å². The predicted octanol–water partition coefficient (Wildman–Crippen LogP) is 4.04. The number of rotatable bonds is 8. The first-order valence-corrected chi connectivity index (χ1v) is 8.31. The summed E-state index contributed by atoms with van der Waals surface area (Å²) in [4.78, 5) is 11.8. The highest BCUT2D eigenvalue weighted by molar-refractivity contribution is 6.30. The summed E-state index contributed by atoms with van der Waals surface area (Å²) < 4.78 is 11.1. The highest BCUT2D eigenvalue weighted by Gasteiger charge is 2.07. The van der Waals surface area contributed by atoms with E-state index in [-0.39, 0.29) is 12.5 Å². The smallest absolute Gasteiger partial charge is 0.258 e. The van der Waals surface area contributed by atoms with Gasteiger partial charge in [0, 0.05) is 5.02 Å². The molecule has 2 aromatic rings. The van der Waals surface area contributed by atoms with Crippen LogP contribution in [0.2, 0.25) is 5.02 Å². The minimum atomic E-state index is -0.189. The quantitative estimate of drug-likeness (QED) is 0.733. The molecular formula is C19H22ClNO3. The van der Waals surface area contributed by atoms with Crippen molar-refractivity contribution in [3.05, 3.63) is 59.1 Å². The van der Waals surface area contributed by atoms with Gasteiger partial charge in [0.2, 0.25) is 0 Å². The van der Waals surface area contributed by atoms with Gasteiger partial charge in [0.15, 0.2) is 6.61 Å². The Morgan fingerprint density at radius 3 is 2.50 bits per heavy atom. The number of carbonyl (C=O) groups excluding carboxylic acids is 1. The Kier molecular flexibility index (Phi) is 6.94. The molecule has 0 aliphatic rings. The summed E-state index contributed by atoms with van der Waals surface area (Å²) in [5.74, 6) is 1.67. The van der Waals surface area contributed by atoms with Gasteiger partial charge in [0.25, 0.3) is 5.91 Å². The number of amides is 1. The van der Waals surface area contributed by atoms with Gasteiger partial charge in [-0.1, -0.05) is 43.6 Å². The number of benzene rings is 2. The Hall–Kier alpha value is -2.20. The van der Waals surface area contributed by atoms with Crippen molar-refractivity contribution in [1.29, 1.82) is 0 Å². The largest absolute Gasteiger partial charge is 0.491 e. The highest BCUT2D eigenvalue weighted by Crippen LogP contribution is 2.25. The van der Waals surface area contributed by atoms with E-state index in [0.29, 0.717) is 29.8 Å². The molecule has 0 heterocycles. The van der Waals surface area contributed by atoms with Crippen LogP contribution in [-0.2, 0) is 4.79 Å². The zero-order valence-electron chi connectivity index (χ0n) is 13.9. The predicted molar refractivity (Wildman–Crippen MR) is 96.0 cm³/mol. The second-order valence-corrected chi connectivity index (χ2v) is 6.07. The van der Waals surface area contributed by atoms with E-state index in [1.165, 1.54) is 0 Å². The lowest BCUT2D eigenvalue weighted by Crippen LogP contribution is -2.32. The van der Waals surface area contributed by atoms with E-state index >= 15 is 0 Å². The molecule has 0 saturated heterocycles. The van der Waals surface area contributed by atoms with Crippen molar-refractivity contribution in [3.63, 3.8) is 0 Å². The molecule has 0 unspecified atom stereocenters. The highest BCUT2D eigenvalue weighted by atomic mass is 35.5. The van der Waals surface area contributed by atoms with Crippen molar-refractivity contribution in [1.82, 2.24) is 5.32 Å². The van der Waals surface area contributed by atoms with Crippen LogP contribution in [-0.4, -0.2) is 25.7 Å². The summed E-state index contributed by atoms with van der Waals surface area (Å²) in [5.41, 5.74) is 1.16. The van der Waals surface area contributed by atoms with Gasteiger partial charge in [0.1, 0.15) is 18.1 Å². The molecule has 0 atom stereocenters. The molecule has 0 fully saturated rings. The molecule has 0 saturated carbocycles. The van der Waals surface area contributed by atoms with Crippen LogP contribution in [0.5, 0.6) is 11.5 Å². The Morgan fingerprint density at radius 2 is 1.79 bits per heavy atom. The molecule has 4 nitrogen and oxygen atoms in total. The van der Waals surface area contributed by atoms with Gasteiger partial charge >= 0.3 is 0 Å². The lowest BCUT2D eigenvalue weighted by molar-refractivity contribution is -0.123. The van der Waals surface area contributed by atoms with Gasteiger partial charge in [-0.15, -0.1) is 0 Å². The minimum Gasteiger partial charge on any atom is -0.491 e. The number of carbonyl (C=O) groups is 1. The number of hydrogen-bond acceptors (Lipinski definition) is 3. The van der Waals surface area contributed by atoms with Crippen LogP contribution in [0.3, 0.4) is 0 Å². The average Bonchev–Trinajstić information content (AvgIpc) is 2.58. The van der Waals surface area contributed by atoms with E-state index < -0.39 is 0 Å². The van der Waals surface area contributed by atoms with E-state index in [4.69, 9.17) is 21.1 Å². The summed E-state index contributed by atoms with van der Waals surface area (Å²) >= 11 is 5.79. The van der Waals surface area contributed by atoms with Crippen molar-refractivity contribution in [2.45, 2.75) is 19.8 Å². The molecule has 0 aliphatic carbocycles. The third-order valence-electron chi connectivity index (χ3n) is 3.41. The lowest BCUT2D eigenvalue weighted by atomic mass is 10.0. The number of ether oxygens (including phenoxy) is 2. The molecule has 0 aromatic heterocycles. The Balaban J connectivity index is 1.69. The normalized spacial score (nSPS) is 10.5. The topological polar surface area (TPSA) is 47.6 Å². The summed E-state index contributed by atoms with van der Waals surface area (Å²) in [7, 11) is 0. The fraction of sp³-hybridized carbons (Fsp3) is 0.316. The van der Waals surface area contributed by atoms with Crippen LogP contribution in [0.4, 0.5) is 0 Å². The van der Waals surface area contributed by atoms with Gasteiger partial charge in [-0.2, -0.15) is 0 Å². The zero-order chi connectivity index (χ0) is 17.4. The van der Waals surface area contributed by atoms with Gasteiger partial charge in [0.05, 0.1) is 6.54 Å². The average molecular weight is 348 g/mol. The maximum Gasteiger partial charge on any atom is 0.258 e. The number of halogens is 1. The van der Waals surface area contributed by atoms with Crippen molar-refractivity contribution in [3.8, 4) is 11.5 Å². The van der Waals surface area contributed by atoms with Crippen LogP contribution in [0.1, 0.15) is 25.3 Å². The van der Waals surface area contributed by atoms with Crippen molar-refractivity contribution >= 4 is 17.5 Å². The first kappa shape index (κ1) is 18.1. The Morgan fingerprint density at radius 1 is 1.08 bits per heavy atom. The minimum absolute atomic E-state index is 0.0375. The van der Waals surface area contributed by atoms with Crippen molar-refractivity contribution in [2.24, 2.45) is 0 Å². The summed E-state index contributed by atoms with van der Waals surface area (Å²) in [6.45, 7) is 5.05. The van der Waals surface area contributed by atoms with Gasteiger partial charge < -0.3 is 14.8 Å². The molecule has 0 bridgehead atoms. The monoisotopic (exact) mass is 347 g/mol. The Labute approximate surface area is 147 Å². The standard InChI is InChI=1S/C19H22ClNO3/c1-14(2)17-5-3-4-6-18(17)23-12-11-21-19(22)13-24-16-9-7-15(20)8-10-16/h3-10,14H,11-13H2,1-2H3,(H,21,22). The van der Waals surface area contributed by atoms with Crippen LogP contribution in [0.15, 0.2) is 48.5 Å². The van der Waals surface area contributed by atoms with Crippen LogP contribution in [0.25, 0.3) is 0 Å². The molecule has 0 radical (unpaired) electrons. The fourth-order valence-electron chi connectivity index (χ4n) is 2.17. The van der Waals surface area contributed by atoms with Gasteiger partial charge in [-0.25, -0.2) is 0 Å². The molecule has 5 heteroatoms. The molecular weight excluding hydrogens is 326 g/mol. The van der Waals surface area contributed by atoms with E-state index in [1.807, 2.05) is 18.2 Å². The van der Waals surface area contributed by atoms with Gasteiger partial charge in [-0.3, -0.25) is 4.79 Å². The second kappa shape index (κ2) is 9.18. The molecule has 0 aliphatic heterocycles. The van der Waals surface area contributed by atoms with Crippen LogP contribution >= 0.6 is 11.6 Å². The van der Waals surface area contributed by atoms with Gasteiger partial charge in [-0.05, 0) is 41.8 Å². The first-order valence-electron chi connectivity index (χ1n) is 7.93. The third-order valence-corrected chi connectivity index (χ3v) is 3.66. The summed E-state index contributed by atoms with van der Waals surface area (Å²) in [5, 5.41) is 3.40. The lowest BCUT2D eigenvalue weighted by Gasteiger charge is -2.14. The zero-order valence-corrected chi connectivity index (χ0v) is 14.7. The molecule has 2 aromatic carbocycles. The number of hydrogen-bond donors (Lipinski definition) is 1. The summed E-state index contributed by atoms with van der Waals surface area (Å²) in [6.07, 6.45) is 0. The van der Waals surface area contributed by atoms with E-state index in [1.54, 1.807) is 24.3 Å². The molecule has 0 spiro atoms. The Bertz CT molecular complexity index is 656. The fourth-order valence-corrected chi connectivity index (χ4v) is 2.30. The third kappa shape index (κ3) is 5.78. The molecule has 2 rings (SSSR count). The molecule has 24 heavy (non-hydrogen) atoms. The first-order chi connectivity index (χ1) is 11.6. The maximum atomic E-state index is 11.8. The number of para-hydroxylation sites is 1. The van der Waals surface area contributed by atoms with E-state index in [9.17, 15) is 4.79 Å². The van der Waals surface area contributed by atoms with Crippen LogP contribution in [0, 0.1) is 0 Å².